The summed E-state index contributed by atoms with van der Waals surface area (Å²) in [4.78, 5) is 5.96. The van der Waals surface area contributed by atoms with Crippen molar-refractivity contribution in [1.29, 1.82) is 0 Å². The molecule has 0 saturated carbocycles. The Morgan fingerprint density at radius 1 is 1.33 bits per heavy atom. The third kappa shape index (κ3) is 8.65. The van der Waals surface area contributed by atoms with E-state index in [2.05, 4.69) is 47.0 Å². The molecule has 0 amide bonds. The first-order valence-electron chi connectivity index (χ1n) is 8.06. The van der Waals surface area contributed by atoms with Crippen LogP contribution in [0.2, 0.25) is 0 Å². The monoisotopic (exact) mass is 375 g/mol. The number of hydrogen-bond acceptors (Lipinski definition) is 5. The SMILES string of the molecule is CCNC(=NCC(C)(C)c1cccs1)NCCOCCS(C)(=O)=O. The van der Waals surface area contributed by atoms with E-state index in [9.17, 15) is 8.42 Å². The minimum atomic E-state index is -2.96. The van der Waals surface area contributed by atoms with Crippen molar-refractivity contribution < 1.29 is 13.2 Å². The summed E-state index contributed by atoms with van der Waals surface area (Å²) in [5.74, 6) is 0.796. The summed E-state index contributed by atoms with van der Waals surface area (Å²) in [6, 6.07) is 4.19. The summed E-state index contributed by atoms with van der Waals surface area (Å²) < 4.78 is 27.3. The Labute approximate surface area is 149 Å². The average molecular weight is 376 g/mol. The van der Waals surface area contributed by atoms with Gasteiger partial charge in [-0.05, 0) is 18.4 Å². The molecule has 0 aliphatic rings. The zero-order chi connectivity index (χ0) is 18.1. The van der Waals surface area contributed by atoms with Crippen molar-refractivity contribution in [3.05, 3.63) is 22.4 Å². The smallest absolute Gasteiger partial charge is 0.191 e. The van der Waals surface area contributed by atoms with Crippen molar-refractivity contribution in [2.45, 2.75) is 26.2 Å². The van der Waals surface area contributed by atoms with Crippen LogP contribution in [0.5, 0.6) is 0 Å². The third-order valence-corrected chi connectivity index (χ3v) is 5.45. The molecule has 8 heteroatoms. The number of thiophene rings is 1. The Morgan fingerprint density at radius 2 is 2.08 bits per heavy atom. The van der Waals surface area contributed by atoms with Crippen LogP contribution in [0, 0.1) is 0 Å². The van der Waals surface area contributed by atoms with Gasteiger partial charge in [-0.25, -0.2) is 8.42 Å². The van der Waals surface area contributed by atoms with Gasteiger partial charge >= 0.3 is 0 Å². The molecule has 0 saturated heterocycles. The quantitative estimate of drug-likeness (QED) is 0.369. The number of ether oxygens (including phenoxy) is 1. The fourth-order valence-corrected chi connectivity index (χ4v) is 3.18. The predicted octanol–water partition coefficient (Wildman–Crippen LogP) is 1.64. The summed E-state index contributed by atoms with van der Waals surface area (Å²) in [5, 5.41) is 8.49. The second kappa shape index (κ2) is 10.0. The Bertz CT molecular complexity index is 596. The van der Waals surface area contributed by atoms with Gasteiger partial charge in [-0.15, -0.1) is 11.3 Å². The van der Waals surface area contributed by atoms with Gasteiger partial charge in [0.15, 0.2) is 5.96 Å². The molecule has 0 aromatic carbocycles. The Kier molecular flexibility index (Phi) is 8.72. The van der Waals surface area contributed by atoms with E-state index in [1.54, 1.807) is 11.3 Å². The molecule has 6 nitrogen and oxygen atoms in total. The number of rotatable bonds is 10. The van der Waals surface area contributed by atoms with Gasteiger partial charge in [0, 0.05) is 29.6 Å². The highest BCUT2D eigenvalue weighted by molar-refractivity contribution is 7.90. The van der Waals surface area contributed by atoms with Crippen LogP contribution in [-0.2, 0) is 20.0 Å². The highest BCUT2D eigenvalue weighted by Crippen LogP contribution is 2.27. The molecule has 1 heterocycles. The standard InChI is InChI=1S/C16H29N3O3S2/c1-5-17-15(18-8-9-22-10-12-24(4,20)21)19-13-16(2,3)14-7-6-11-23-14/h6-7,11H,5,8-10,12-13H2,1-4H3,(H2,17,18,19). The molecule has 24 heavy (non-hydrogen) atoms. The lowest BCUT2D eigenvalue weighted by Crippen LogP contribution is -2.40. The number of guanidine groups is 1. The highest BCUT2D eigenvalue weighted by atomic mass is 32.2. The zero-order valence-corrected chi connectivity index (χ0v) is 16.6. The molecule has 138 valence electrons. The lowest BCUT2D eigenvalue weighted by Gasteiger charge is -2.21. The number of nitrogens with zero attached hydrogens (tertiary/aromatic N) is 1. The molecule has 0 bridgehead atoms. The molecular formula is C16H29N3O3S2. The van der Waals surface area contributed by atoms with Crippen molar-refractivity contribution in [1.82, 2.24) is 10.6 Å². The molecular weight excluding hydrogens is 346 g/mol. The minimum absolute atomic E-state index is 0.0114. The molecule has 1 rings (SSSR count). The number of nitrogens with one attached hydrogen (secondary N) is 2. The van der Waals surface area contributed by atoms with Crippen LogP contribution in [0.15, 0.2) is 22.5 Å². The molecule has 0 fully saturated rings. The molecule has 0 aliphatic carbocycles. The van der Waals surface area contributed by atoms with E-state index < -0.39 is 9.84 Å². The second-order valence-electron chi connectivity index (χ2n) is 6.23. The van der Waals surface area contributed by atoms with Crippen LogP contribution in [0.25, 0.3) is 0 Å². The van der Waals surface area contributed by atoms with E-state index >= 15 is 0 Å². The van der Waals surface area contributed by atoms with E-state index in [0.717, 1.165) is 12.5 Å². The number of sulfone groups is 1. The van der Waals surface area contributed by atoms with Crippen LogP contribution in [0.4, 0.5) is 0 Å². The molecule has 0 atom stereocenters. The Hall–Kier alpha value is -1.12. The first-order valence-corrected chi connectivity index (χ1v) is 11.0. The highest BCUT2D eigenvalue weighted by Gasteiger charge is 2.21. The maximum absolute atomic E-state index is 11.0. The van der Waals surface area contributed by atoms with Gasteiger partial charge < -0.3 is 15.4 Å². The molecule has 0 radical (unpaired) electrons. The van der Waals surface area contributed by atoms with Crippen LogP contribution in [0.3, 0.4) is 0 Å². The van der Waals surface area contributed by atoms with Crippen LogP contribution in [-0.4, -0.2) is 59.2 Å². The summed E-state index contributed by atoms with van der Waals surface area (Å²) in [5.41, 5.74) is -0.0114. The van der Waals surface area contributed by atoms with Crippen molar-refractivity contribution in [3.63, 3.8) is 0 Å². The van der Waals surface area contributed by atoms with Crippen LogP contribution in [0.1, 0.15) is 25.6 Å². The van der Waals surface area contributed by atoms with Crippen LogP contribution >= 0.6 is 11.3 Å². The topological polar surface area (TPSA) is 79.8 Å². The normalized spacial score (nSPS) is 13.1. The van der Waals surface area contributed by atoms with Gasteiger partial charge in [-0.3, -0.25) is 4.99 Å². The number of hydrogen-bond donors (Lipinski definition) is 2. The van der Waals surface area contributed by atoms with E-state index in [1.807, 2.05) is 6.92 Å². The van der Waals surface area contributed by atoms with E-state index in [-0.39, 0.29) is 17.8 Å². The Balaban J connectivity index is 2.40. The minimum Gasteiger partial charge on any atom is -0.379 e. The lowest BCUT2D eigenvalue weighted by atomic mass is 9.92. The average Bonchev–Trinajstić information content (AvgIpc) is 3.02. The Morgan fingerprint density at radius 3 is 2.67 bits per heavy atom. The van der Waals surface area contributed by atoms with E-state index in [0.29, 0.717) is 19.7 Å². The zero-order valence-electron chi connectivity index (χ0n) is 15.0. The largest absolute Gasteiger partial charge is 0.379 e. The summed E-state index contributed by atoms with van der Waals surface area (Å²) in [6.07, 6.45) is 1.21. The molecule has 0 aliphatic heterocycles. The summed E-state index contributed by atoms with van der Waals surface area (Å²) in [6.45, 7) is 9.07. The van der Waals surface area contributed by atoms with Crippen molar-refractivity contribution in [2.24, 2.45) is 4.99 Å². The van der Waals surface area contributed by atoms with Crippen molar-refractivity contribution >= 4 is 27.1 Å². The van der Waals surface area contributed by atoms with Gasteiger partial charge in [-0.2, -0.15) is 0 Å². The molecule has 1 aromatic rings. The molecule has 0 unspecified atom stereocenters. The van der Waals surface area contributed by atoms with Gasteiger partial charge in [0.2, 0.25) is 0 Å². The maximum atomic E-state index is 11.0. The summed E-state index contributed by atoms with van der Waals surface area (Å²) in [7, 11) is -2.96. The van der Waals surface area contributed by atoms with Crippen LogP contribution < -0.4 is 10.6 Å². The first-order chi connectivity index (χ1) is 11.2. The fraction of sp³-hybridized carbons (Fsp3) is 0.688. The molecule has 2 N–H and O–H groups in total. The molecule has 1 aromatic heterocycles. The lowest BCUT2D eigenvalue weighted by molar-refractivity contribution is 0.154. The van der Waals surface area contributed by atoms with Crippen molar-refractivity contribution in [2.75, 3.05) is 44.9 Å². The first kappa shape index (κ1) is 20.9. The van der Waals surface area contributed by atoms with E-state index in [1.165, 1.54) is 11.1 Å². The fourth-order valence-electron chi connectivity index (χ4n) is 1.91. The second-order valence-corrected chi connectivity index (χ2v) is 9.43. The number of aliphatic imine (C=N–C) groups is 1. The van der Waals surface area contributed by atoms with Crippen molar-refractivity contribution in [3.8, 4) is 0 Å². The maximum Gasteiger partial charge on any atom is 0.191 e. The third-order valence-electron chi connectivity index (χ3n) is 3.30. The van der Waals surface area contributed by atoms with Gasteiger partial charge in [0.25, 0.3) is 0 Å². The van der Waals surface area contributed by atoms with Gasteiger partial charge in [0.1, 0.15) is 9.84 Å². The summed E-state index contributed by atoms with van der Waals surface area (Å²) >= 11 is 1.74. The predicted molar refractivity (Wildman–Crippen MR) is 102 cm³/mol. The molecule has 0 spiro atoms. The van der Waals surface area contributed by atoms with Gasteiger partial charge in [0.05, 0.1) is 25.5 Å². The van der Waals surface area contributed by atoms with E-state index in [4.69, 9.17) is 4.74 Å². The van der Waals surface area contributed by atoms with Gasteiger partial charge in [-0.1, -0.05) is 19.9 Å².